The number of fused-ring (bicyclic) bond motifs is 2. The SMILES string of the molecule is C[C@H](NC(=O)[C@@H]1CC[C@@H](c2ccccc2)C1)C(=O)CCc1[nH]c2ccncc2c1F.NCc1[nH]c2ccncc2c1F. The molecule has 8 nitrogen and oxygen atoms in total. The number of aromatic amines is 2. The van der Waals surface area contributed by atoms with E-state index in [0.29, 0.717) is 33.6 Å². The molecule has 6 rings (SSSR count). The third-order valence-electron chi connectivity index (χ3n) is 7.96. The molecule has 218 valence electrons. The van der Waals surface area contributed by atoms with Gasteiger partial charge in [-0.3, -0.25) is 19.6 Å². The Morgan fingerprint density at radius 2 is 1.57 bits per heavy atom. The predicted octanol–water partition coefficient (Wildman–Crippen LogP) is 5.45. The third kappa shape index (κ3) is 6.38. The van der Waals surface area contributed by atoms with E-state index in [-0.39, 0.29) is 48.6 Å². The molecule has 0 saturated heterocycles. The molecule has 1 saturated carbocycles. The van der Waals surface area contributed by atoms with Gasteiger partial charge in [0, 0.05) is 43.7 Å². The molecule has 1 fully saturated rings. The number of benzene rings is 1. The summed E-state index contributed by atoms with van der Waals surface area (Å²) in [6.07, 6.45) is 9.22. The van der Waals surface area contributed by atoms with Crippen molar-refractivity contribution in [2.24, 2.45) is 11.7 Å². The van der Waals surface area contributed by atoms with Gasteiger partial charge in [0.05, 0.1) is 39.2 Å². The van der Waals surface area contributed by atoms with Crippen LogP contribution >= 0.6 is 0 Å². The summed E-state index contributed by atoms with van der Waals surface area (Å²) in [7, 11) is 0. The highest BCUT2D eigenvalue weighted by molar-refractivity contribution is 5.90. The molecule has 0 unspecified atom stereocenters. The lowest BCUT2D eigenvalue weighted by molar-refractivity contribution is -0.129. The monoisotopic (exact) mass is 572 g/mol. The number of hydrogen-bond acceptors (Lipinski definition) is 5. The van der Waals surface area contributed by atoms with Gasteiger partial charge in [0.2, 0.25) is 5.91 Å². The molecule has 1 aliphatic rings. The Labute approximate surface area is 242 Å². The molecular formula is C32H34F2N6O2. The minimum atomic E-state index is -0.581. The zero-order valence-electron chi connectivity index (χ0n) is 23.4. The van der Waals surface area contributed by atoms with E-state index in [1.165, 1.54) is 18.0 Å². The zero-order valence-corrected chi connectivity index (χ0v) is 23.4. The van der Waals surface area contributed by atoms with Gasteiger partial charge >= 0.3 is 0 Å². The van der Waals surface area contributed by atoms with E-state index in [9.17, 15) is 18.4 Å². The summed E-state index contributed by atoms with van der Waals surface area (Å²) in [4.78, 5) is 38.8. The van der Waals surface area contributed by atoms with Crippen molar-refractivity contribution in [3.05, 3.63) is 95.8 Å². The van der Waals surface area contributed by atoms with Gasteiger partial charge in [-0.2, -0.15) is 0 Å². The van der Waals surface area contributed by atoms with Crippen LogP contribution in [0.5, 0.6) is 0 Å². The molecule has 1 aliphatic carbocycles. The first kappa shape index (κ1) is 29.1. The van der Waals surface area contributed by atoms with Gasteiger partial charge in [0.15, 0.2) is 17.4 Å². The van der Waals surface area contributed by atoms with Crippen LogP contribution in [0.4, 0.5) is 8.78 Å². The third-order valence-corrected chi connectivity index (χ3v) is 7.96. The smallest absolute Gasteiger partial charge is 0.223 e. The number of aryl methyl sites for hydroxylation is 1. The second-order valence-corrected chi connectivity index (χ2v) is 10.7. The Kier molecular flexibility index (Phi) is 9.02. The topological polar surface area (TPSA) is 130 Å². The molecule has 0 radical (unpaired) electrons. The number of nitrogens with zero attached hydrogens (tertiary/aromatic N) is 2. The number of nitrogens with two attached hydrogens (primary N) is 1. The van der Waals surface area contributed by atoms with Crippen LogP contribution in [0.25, 0.3) is 21.8 Å². The highest BCUT2D eigenvalue weighted by Gasteiger charge is 2.32. The summed E-state index contributed by atoms with van der Waals surface area (Å²) in [6, 6.07) is 13.1. The molecule has 0 bridgehead atoms. The number of hydrogen-bond donors (Lipinski definition) is 4. The molecule has 0 spiro atoms. The number of carbonyl (C=O) groups excluding carboxylic acids is 2. The van der Waals surface area contributed by atoms with Crippen LogP contribution in [0.15, 0.2) is 67.3 Å². The fraction of sp³-hybridized carbons (Fsp3) is 0.312. The molecule has 3 atom stereocenters. The highest BCUT2D eigenvalue weighted by atomic mass is 19.1. The highest BCUT2D eigenvalue weighted by Crippen LogP contribution is 2.38. The second kappa shape index (κ2) is 13.0. The van der Waals surface area contributed by atoms with E-state index in [1.54, 1.807) is 31.5 Å². The Hall–Kier alpha value is -4.44. The summed E-state index contributed by atoms with van der Waals surface area (Å²) in [5.74, 6) is -0.480. The van der Waals surface area contributed by atoms with Crippen LogP contribution in [0.2, 0.25) is 0 Å². The van der Waals surface area contributed by atoms with Crippen molar-refractivity contribution in [3.8, 4) is 0 Å². The Bertz CT molecular complexity index is 1680. The van der Waals surface area contributed by atoms with Crippen LogP contribution in [0.1, 0.15) is 55.5 Å². The molecular weight excluding hydrogens is 538 g/mol. The number of aromatic nitrogens is 4. The van der Waals surface area contributed by atoms with Crippen molar-refractivity contribution in [2.75, 3.05) is 0 Å². The van der Waals surface area contributed by atoms with Crippen molar-refractivity contribution < 1.29 is 18.4 Å². The number of rotatable bonds is 8. The standard InChI is InChI=1S/C24H26FN3O2.C8H8FN3/c1-15(22(29)10-9-21-23(25)19-14-26-12-11-20(19)28-21)27-24(30)18-8-7-17(13-18)16-5-3-2-4-6-16;9-8-5-4-11-2-1-6(5)12-7(8)3-10/h2-6,11-12,14-15,17-18,28H,7-10,13H2,1H3,(H,27,30);1-2,4,12H,3,10H2/t15-,17+,18+;/m0./s1. The number of carbonyl (C=O) groups is 2. The Balaban J connectivity index is 0.000000244. The maximum absolute atomic E-state index is 14.4. The number of Topliss-reactive ketones (excluding diaryl/α,β-unsaturated/α-hetero) is 1. The summed E-state index contributed by atoms with van der Waals surface area (Å²) >= 11 is 0. The predicted molar refractivity (Wildman–Crippen MR) is 157 cm³/mol. The average Bonchev–Trinajstić information content (AvgIpc) is 3.73. The first-order chi connectivity index (χ1) is 20.4. The van der Waals surface area contributed by atoms with Gasteiger partial charge in [-0.1, -0.05) is 30.3 Å². The van der Waals surface area contributed by atoms with Crippen LogP contribution in [-0.2, 0) is 22.6 Å². The molecule has 1 aromatic carbocycles. The van der Waals surface area contributed by atoms with Gasteiger partial charge in [0.25, 0.3) is 0 Å². The maximum atomic E-state index is 14.4. The number of pyridine rings is 2. The van der Waals surface area contributed by atoms with Crippen LogP contribution in [0.3, 0.4) is 0 Å². The quantitative estimate of drug-likeness (QED) is 0.196. The van der Waals surface area contributed by atoms with Gasteiger partial charge in [0.1, 0.15) is 0 Å². The summed E-state index contributed by atoms with van der Waals surface area (Å²) in [5, 5.41) is 3.79. The van der Waals surface area contributed by atoms with Crippen molar-refractivity contribution >= 4 is 33.5 Å². The van der Waals surface area contributed by atoms with E-state index < -0.39 is 6.04 Å². The van der Waals surface area contributed by atoms with E-state index >= 15 is 0 Å². The largest absolute Gasteiger partial charge is 0.356 e. The van der Waals surface area contributed by atoms with Gasteiger partial charge < -0.3 is 21.0 Å². The minimum absolute atomic E-state index is 0.0582. The number of H-pyrrole nitrogens is 2. The van der Waals surface area contributed by atoms with Crippen LogP contribution < -0.4 is 11.1 Å². The van der Waals surface area contributed by atoms with E-state index in [1.807, 2.05) is 18.2 Å². The summed E-state index contributed by atoms with van der Waals surface area (Å²) in [6.45, 7) is 1.88. The lowest BCUT2D eigenvalue weighted by Gasteiger charge is -2.16. The summed E-state index contributed by atoms with van der Waals surface area (Å²) in [5.41, 5.74) is 8.82. The molecule has 42 heavy (non-hydrogen) atoms. The zero-order chi connectivity index (χ0) is 29.6. The summed E-state index contributed by atoms with van der Waals surface area (Å²) < 4.78 is 27.7. The number of halogens is 2. The van der Waals surface area contributed by atoms with Crippen molar-refractivity contribution in [1.29, 1.82) is 0 Å². The lowest BCUT2D eigenvalue weighted by atomic mass is 9.96. The number of ketones is 1. The van der Waals surface area contributed by atoms with E-state index in [0.717, 1.165) is 24.8 Å². The van der Waals surface area contributed by atoms with Crippen molar-refractivity contribution in [1.82, 2.24) is 25.3 Å². The minimum Gasteiger partial charge on any atom is -0.356 e. The second-order valence-electron chi connectivity index (χ2n) is 10.7. The van der Waals surface area contributed by atoms with E-state index in [2.05, 4.69) is 37.4 Å². The first-order valence-electron chi connectivity index (χ1n) is 14.1. The molecule has 1 amide bonds. The van der Waals surface area contributed by atoms with Gasteiger partial charge in [-0.15, -0.1) is 0 Å². The number of amides is 1. The van der Waals surface area contributed by atoms with Crippen LogP contribution in [-0.4, -0.2) is 37.7 Å². The van der Waals surface area contributed by atoms with Crippen LogP contribution in [0, 0.1) is 17.6 Å². The van der Waals surface area contributed by atoms with Gasteiger partial charge in [-0.25, -0.2) is 8.78 Å². The molecule has 10 heteroatoms. The average molecular weight is 573 g/mol. The molecule has 4 heterocycles. The van der Waals surface area contributed by atoms with Gasteiger partial charge in [-0.05, 0) is 56.2 Å². The Morgan fingerprint density at radius 3 is 2.19 bits per heavy atom. The molecule has 4 aromatic heterocycles. The normalized spacial score (nSPS) is 17.1. The first-order valence-corrected chi connectivity index (χ1v) is 14.1. The molecule has 0 aliphatic heterocycles. The Morgan fingerprint density at radius 1 is 0.952 bits per heavy atom. The van der Waals surface area contributed by atoms with E-state index in [4.69, 9.17) is 5.73 Å². The molecule has 5 aromatic rings. The number of nitrogens with one attached hydrogen (secondary N) is 3. The van der Waals surface area contributed by atoms with Crippen molar-refractivity contribution in [3.63, 3.8) is 0 Å². The molecule has 5 N–H and O–H groups in total. The fourth-order valence-electron chi connectivity index (χ4n) is 5.55. The fourth-order valence-corrected chi connectivity index (χ4v) is 5.55. The maximum Gasteiger partial charge on any atom is 0.223 e. The van der Waals surface area contributed by atoms with Crippen molar-refractivity contribution in [2.45, 2.75) is 57.5 Å². The lowest BCUT2D eigenvalue weighted by Crippen LogP contribution is -2.41.